The molecule has 0 fully saturated rings. The highest BCUT2D eigenvalue weighted by molar-refractivity contribution is 5.38. The lowest BCUT2D eigenvalue weighted by Crippen LogP contribution is -2.36. The number of aryl methyl sites for hydroxylation is 1. The molecule has 0 radical (unpaired) electrons. The van der Waals surface area contributed by atoms with E-state index in [0.29, 0.717) is 5.92 Å². The van der Waals surface area contributed by atoms with Gasteiger partial charge >= 0.3 is 0 Å². The third-order valence-corrected chi connectivity index (χ3v) is 3.84. The van der Waals surface area contributed by atoms with Crippen LogP contribution in [0.1, 0.15) is 59.1 Å². The molecule has 1 N–H and O–H groups in total. The number of nitrogens with one attached hydrogen (secondary N) is 1. The molecule has 0 saturated carbocycles. The van der Waals surface area contributed by atoms with E-state index in [0.717, 1.165) is 25.3 Å². The molecule has 0 bridgehead atoms. The summed E-state index contributed by atoms with van der Waals surface area (Å²) in [5.74, 6) is 1.51. The lowest BCUT2D eigenvalue weighted by atomic mass is 9.86. The van der Waals surface area contributed by atoms with Crippen LogP contribution in [-0.2, 0) is 5.41 Å². The highest BCUT2D eigenvalue weighted by Gasteiger charge is 2.18. The number of hydrogen-bond donors (Lipinski definition) is 1. The average molecular weight is 291 g/mol. The third kappa shape index (κ3) is 5.70. The fourth-order valence-corrected chi connectivity index (χ4v) is 2.25. The Morgan fingerprint density at radius 1 is 1.19 bits per heavy atom. The van der Waals surface area contributed by atoms with E-state index in [1.165, 1.54) is 11.1 Å². The van der Waals surface area contributed by atoms with Crippen molar-refractivity contribution in [3.05, 3.63) is 29.3 Å². The van der Waals surface area contributed by atoms with Gasteiger partial charge in [-0.1, -0.05) is 53.7 Å². The van der Waals surface area contributed by atoms with Crippen molar-refractivity contribution >= 4 is 0 Å². The molecule has 0 spiro atoms. The summed E-state index contributed by atoms with van der Waals surface area (Å²) in [6.07, 6.45) is 1.38. The van der Waals surface area contributed by atoms with Crippen molar-refractivity contribution in [1.82, 2.24) is 5.32 Å². The van der Waals surface area contributed by atoms with Gasteiger partial charge in [-0.05, 0) is 48.4 Å². The Bertz CT molecular complexity index is 432. The van der Waals surface area contributed by atoms with Gasteiger partial charge in [-0.25, -0.2) is 0 Å². The van der Waals surface area contributed by atoms with Crippen LogP contribution in [0.3, 0.4) is 0 Å². The maximum atomic E-state index is 6.26. The maximum Gasteiger partial charge on any atom is 0.122 e. The minimum atomic E-state index is 0.184. The molecule has 1 rings (SSSR count). The highest BCUT2D eigenvalue weighted by Crippen LogP contribution is 2.28. The number of ether oxygens (including phenoxy) is 1. The summed E-state index contributed by atoms with van der Waals surface area (Å²) >= 11 is 0. The smallest absolute Gasteiger partial charge is 0.122 e. The number of hydrogen-bond acceptors (Lipinski definition) is 2. The molecule has 0 heterocycles. The number of rotatable bonds is 7. The average Bonchev–Trinajstić information content (AvgIpc) is 2.38. The topological polar surface area (TPSA) is 21.3 Å². The fourth-order valence-electron chi connectivity index (χ4n) is 2.25. The van der Waals surface area contributed by atoms with Gasteiger partial charge in [0, 0.05) is 6.54 Å². The second-order valence-electron chi connectivity index (χ2n) is 7.33. The Kier molecular flexibility index (Phi) is 6.73. The van der Waals surface area contributed by atoms with Crippen molar-refractivity contribution in [2.45, 2.75) is 66.4 Å². The van der Waals surface area contributed by atoms with Crippen LogP contribution in [-0.4, -0.2) is 19.2 Å². The first-order chi connectivity index (χ1) is 9.75. The molecule has 0 amide bonds. The first kappa shape index (κ1) is 18.0. The molecule has 0 aliphatic heterocycles. The van der Waals surface area contributed by atoms with Crippen molar-refractivity contribution in [1.29, 1.82) is 0 Å². The van der Waals surface area contributed by atoms with E-state index in [2.05, 4.69) is 72.0 Å². The molecule has 21 heavy (non-hydrogen) atoms. The second-order valence-corrected chi connectivity index (χ2v) is 7.33. The van der Waals surface area contributed by atoms with Crippen LogP contribution in [0, 0.1) is 12.8 Å². The zero-order valence-corrected chi connectivity index (χ0v) is 14.9. The lowest BCUT2D eigenvalue weighted by Gasteiger charge is -2.25. The summed E-state index contributed by atoms with van der Waals surface area (Å²) in [5, 5.41) is 3.47. The van der Waals surface area contributed by atoms with Gasteiger partial charge in [0.1, 0.15) is 11.9 Å². The van der Waals surface area contributed by atoms with Crippen molar-refractivity contribution in [3.8, 4) is 5.75 Å². The van der Waals surface area contributed by atoms with Crippen LogP contribution in [0.15, 0.2) is 18.2 Å². The molecule has 1 aromatic carbocycles. The molecule has 1 atom stereocenters. The van der Waals surface area contributed by atoms with E-state index in [-0.39, 0.29) is 11.5 Å². The van der Waals surface area contributed by atoms with E-state index in [1.807, 2.05) is 0 Å². The minimum absolute atomic E-state index is 0.184. The van der Waals surface area contributed by atoms with Crippen LogP contribution in [0.5, 0.6) is 5.75 Å². The standard InChI is InChI=1S/C19H33NO/c1-8-11-20-13-18(14(2)3)21-17-10-9-16(12-15(17)4)19(5,6)7/h9-10,12,14,18,20H,8,11,13H2,1-7H3. The van der Waals surface area contributed by atoms with Gasteiger partial charge in [-0.3, -0.25) is 0 Å². The summed E-state index contributed by atoms with van der Waals surface area (Å²) in [6.45, 7) is 17.5. The summed E-state index contributed by atoms with van der Waals surface area (Å²) in [6, 6.07) is 6.58. The van der Waals surface area contributed by atoms with Crippen LogP contribution in [0.2, 0.25) is 0 Å². The lowest BCUT2D eigenvalue weighted by molar-refractivity contribution is 0.148. The molecule has 2 heteroatoms. The Labute approximate surface area is 131 Å². The summed E-state index contributed by atoms with van der Waals surface area (Å²) in [7, 11) is 0. The van der Waals surface area contributed by atoms with Crippen LogP contribution >= 0.6 is 0 Å². The Morgan fingerprint density at radius 3 is 2.33 bits per heavy atom. The molecule has 0 aliphatic rings. The molecule has 2 nitrogen and oxygen atoms in total. The van der Waals surface area contributed by atoms with Crippen molar-refractivity contribution in [3.63, 3.8) is 0 Å². The summed E-state index contributed by atoms with van der Waals surface area (Å²) in [4.78, 5) is 0. The van der Waals surface area contributed by atoms with Gasteiger partial charge in [-0.2, -0.15) is 0 Å². The predicted octanol–water partition coefficient (Wildman–Crippen LogP) is 4.70. The first-order valence-corrected chi connectivity index (χ1v) is 8.24. The molecule has 0 aliphatic carbocycles. The Balaban J connectivity index is 2.80. The zero-order chi connectivity index (χ0) is 16.0. The van der Waals surface area contributed by atoms with Crippen molar-refractivity contribution < 1.29 is 4.74 Å². The van der Waals surface area contributed by atoms with Crippen LogP contribution < -0.4 is 10.1 Å². The zero-order valence-electron chi connectivity index (χ0n) is 14.9. The molecular formula is C19H33NO. The SMILES string of the molecule is CCCNCC(Oc1ccc(C(C)(C)C)cc1C)C(C)C. The van der Waals surface area contributed by atoms with E-state index in [1.54, 1.807) is 0 Å². The summed E-state index contributed by atoms with van der Waals surface area (Å²) < 4.78 is 6.26. The minimum Gasteiger partial charge on any atom is -0.489 e. The Hall–Kier alpha value is -1.02. The third-order valence-electron chi connectivity index (χ3n) is 3.84. The van der Waals surface area contributed by atoms with E-state index < -0.39 is 0 Å². The molecular weight excluding hydrogens is 258 g/mol. The monoisotopic (exact) mass is 291 g/mol. The largest absolute Gasteiger partial charge is 0.489 e. The molecule has 1 aromatic rings. The van der Waals surface area contributed by atoms with Crippen molar-refractivity contribution in [2.24, 2.45) is 5.92 Å². The molecule has 1 unspecified atom stereocenters. The van der Waals surface area contributed by atoms with Crippen LogP contribution in [0.25, 0.3) is 0 Å². The van der Waals surface area contributed by atoms with Gasteiger partial charge in [0.15, 0.2) is 0 Å². The van der Waals surface area contributed by atoms with E-state index >= 15 is 0 Å². The normalized spacial score (nSPS) is 13.5. The van der Waals surface area contributed by atoms with Gasteiger partial charge < -0.3 is 10.1 Å². The summed E-state index contributed by atoms with van der Waals surface area (Å²) in [5.41, 5.74) is 2.77. The van der Waals surface area contributed by atoms with Gasteiger partial charge in [-0.15, -0.1) is 0 Å². The van der Waals surface area contributed by atoms with Gasteiger partial charge in [0.25, 0.3) is 0 Å². The number of benzene rings is 1. The van der Waals surface area contributed by atoms with Crippen molar-refractivity contribution in [2.75, 3.05) is 13.1 Å². The quantitative estimate of drug-likeness (QED) is 0.735. The predicted molar refractivity (Wildman–Crippen MR) is 92.3 cm³/mol. The molecule has 0 aromatic heterocycles. The molecule has 0 saturated heterocycles. The van der Waals surface area contributed by atoms with Gasteiger partial charge in [0.05, 0.1) is 0 Å². The molecule has 120 valence electrons. The fraction of sp³-hybridized carbons (Fsp3) is 0.684. The first-order valence-electron chi connectivity index (χ1n) is 8.24. The maximum absolute atomic E-state index is 6.26. The Morgan fingerprint density at radius 2 is 1.86 bits per heavy atom. The van der Waals surface area contributed by atoms with Crippen LogP contribution in [0.4, 0.5) is 0 Å². The van der Waals surface area contributed by atoms with E-state index in [9.17, 15) is 0 Å². The highest BCUT2D eigenvalue weighted by atomic mass is 16.5. The van der Waals surface area contributed by atoms with E-state index in [4.69, 9.17) is 4.74 Å². The van der Waals surface area contributed by atoms with Gasteiger partial charge in [0.2, 0.25) is 0 Å². The second kappa shape index (κ2) is 7.84.